The zero-order chi connectivity index (χ0) is 13.5. The molecule has 0 saturated heterocycles. The average Bonchev–Trinajstić information content (AvgIpc) is 2.85. The number of aromatic nitrogens is 2. The molecule has 20 heavy (non-hydrogen) atoms. The van der Waals surface area contributed by atoms with Gasteiger partial charge in [-0.1, -0.05) is 12.1 Å². The summed E-state index contributed by atoms with van der Waals surface area (Å²) in [4.78, 5) is 8.16. The van der Waals surface area contributed by atoms with Crippen molar-refractivity contribution in [1.82, 2.24) is 9.97 Å². The number of halogens is 1. The minimum absolute atomic E-state index is 0.219. The van der Waals surface area contributed by atoms with E-state index in [-0.39, 0.29) is 5.82 Å². The van der Waals surface area contributed by atoms with Gasteiger partial charge in [0.2, 0.25) is 0 Å². The lowest BCUT2D eigenvalue weighted by molar-refractivity contribution is 0.631. The summed E-state index contributed by atoms with van der Waals surface area (Å²) in [6, 6.07) is 10.7. The monoisotopic (exact) mass is 266 g/mol. The molecule has 4 rings (SSSR count). The van der Waals surface area contributed by atoms with Gasteiger partial charge < -0.3 is 4.98 Å². The maximum absolute atomic E-state index is 13.9. The third-order valence-corrected chi connectivity index (χ3v) is 4.08. The quantitative estimate of drug-likeness (QED) is 0.701. The number of hydrogen-bond acceptors (Lipinski definition) is 1. The third-order valence-electron chi connectivity index (χ3n) is 4.08. The van der Waals surface area contributed by atoms with Gasteiger partial charge in [0, 0.05) is 11.3 Å². The number of H-pyrrole nitrogens is 1. The number of hydrogen-bond donors (Lipinski definition) is 1. The van der Waals surface area contributed by atoms with Crippen molar-refractivity contribution in [1.29, 1.82) is 0 Å². The molecule has 1 N–H and O–H groups in total. The maximum atomic E-state index is 13.9. The molecule has 1 aliphatic rings. The Morgan fingerprint density at radius 1 is 1.00 bits per heavy atom. The van der Waals surface area contributed by atoms with E-state index in [2.05, 4.69) is 4.98 Å². The molecule has 0 radical (unpaired) electrons. The summed E-state index contributed by atoms with van der Waals surface area (Å²) < 4.78 is 13.9. The van der Waals surface area contributed by atoms with E-state index in [1.54, 1.807) is 12.1 Å². The van der Waals surface area contributed by atoms with E-state index in [0.717, 1.165) is 23.9 Å². The van der Waals surface area contributed by atoms with Crippen molar-refractivity contribution >= 4 is 11.0 Å². The Balaban J connectivity index is 1.92. The number of nitrogens with one attached hydrogen (secondary N) is 1. The van der Waals surface area contributed by atoms with Crippen LogP contribution in [0, 0.1) is 5.82 Å². The van der Waals surface area contributed by atoms with Crippen LogP contribution in [0.5, 0.6) is 0 Å². The third kappa shape index (κ3) is 1.73. The van der Waals surface area contributed by atoms with Crippen molar-refractivity contribution in [3.63, 3.8) is 0 Å². The zero-order valence-corrected chi connectivity index (χ0v) is 11.1. The highest BCUT2D eigenvalue weighted by Crippen LogP contribution is 2.30. The standard InChI is InChI=1S/C17H15FN2/c18-13-7-3-1-5-11(13)15-9-10-16-17(20-15)12-6-2-4-8-14(12)19-16/h1,3,5,7,9-10,19H,2,4,6,8H2. The molecule has 1 aromatic carbocycles. The van der Waals surface area contributed by atoms with Crippen LogP contribution in [0.4, 0.5) is 4.39 Å². The molecule has 0 bridgehead atoms. The summed E-state index contributed by atoms with van der Waals surface area (Å²) in [5.74, 6) is -0.219. The van der Waals surface area contributed by atoms with Crippen LogP contribution in [0.2, 0.25) is 0 Å². The summed E-state index contributed by atoms with van der Waals surface area (Å²) in [6.07, 6.45) is 4.62. The fraction of sp³-hybridized carbons (Fsp3) is 0.235. The highest BCUT2D eigenvalue weighted by molar-refractivity contribution is 5.83. The number of nitrogens with zero attached hydrogens (tertiary/aromatic N) is 1. The summed E-state index contributed by atoms with van der Waals surface area (Å²) in [6.45, 7) is 0. The number of aryl methyl sites for hydroxylation is 2. The Morgan fingerprint density at radius 2 is 1.85 bits per heavy atom. The van der Waals surface area contributed by atoms with E-state index in [1.165, 1.54) is 30.2 Å². The highest BCUT2D eigenvalue weighted by Gasteiger charge is 2.17. The van der Waals surface area contributed by atoms with Crippen LogP contribution >= 0.6 is 0 Å². The molecule has 2 heterocycles. The van der Waals surface area contributed by atoms with Crippen LogP contribution in [0.3, 0.4) is 0 Å². The second-order valence-electron chi connectivity index (χ2n) is 5.36. The van der Waals surface area contributed by atoms with Gasteiger partial charge in [0.15, 0.2) is 0 Å². The van der Waals surface area contributed by atoms with E-state index in [4.69, 9.17) is 4.98 Å². The van der Waals surface area contributed by atoms with Gasteiger partial charge >= 0.3 is 0 Å². The van der Waals surface area contributed by atoms with Crippen LogP contribution < -0.4 is 0 Å². The first kappa shape index (κ1) is 11.6. The summed E-state index contributed by atoms with van der Waals surface area (Å²) in [7, 11) is 0. The van der Waals surface area contributed by atoms with Gasteiger partial charge in [-0.05, 0) is 55.5 Å². The lowest BCUT2D eigenvalue weighted by Crippen LogP contribution is -2.00. The lowest BCUT2D eigenvalue weighted by atomic mass is 9.97. The Labute approximate surface area is 116 Å². The number of benzene rings is 1. The van der Waals surface area contributed by atoms with Gasteiger partial charge in [-0.2, -0.15) is 0 Å². The lowest BCUT2D eigenvalue weighted by Gasteiger charge is -2.10. The topological polar surface area (TPSA) is 28.7 Å². The summed E-state index contributed by atoms with van der Waals surface area (Å²) in [5, 5.41) is 0. The molecule has 0 fully saturated rings. The molecule has 2 aromatic heterocycles. The molecule has 0 atom stereocenters. The first-order valence-corrected chi connectivity index (χ1v) is 7.08. The molecule has 3 heteroatoms. The smallest absolute Gasteiger partial charge is 0.132 e. The molecule has 0 saturated carbocycles. The Kier molecular flexibility index (Phi) is 2.59. The van der Waals surface area contributed by atoms with Crippen molar-refractivity contribution in [2.24, 2.45) is 0 Å². The van der Waals surface area contributed by atoms with Gasteiger partial charge in [0.1, 0.15) is 5.82 Å². The minimum atomic E-state index is -0.219. The maximum Gasteiger partial charge on any atom is 0.132 e. The largest absolute Gasteiger partial charge is 0.357 e. The molecule has 3 aromatic rings. The van der Waals surface area contributed by atoms with Crippen molar-refractivity contribution in [3.05, 3.63) is 53.5 Å². The van der Waals surface area contributed by atoms with E-state index in [0.29, 0.717) is 11.3 Å². The molecule has 0 aliphatic heterocycles. The molecular weight excluding hydrogens is 251 g/mol. The van der Waals surface area contributed by atoms with Crippen LogP contribution in [0.15, 0.2) is 36.4 Å². The molecule has 0 spiro atoms. The molecular formula is C17H15FN2. The SMILES string of the molecule is Fc1ccccc1-c1ccc2[nH]c3c(c2n1)CCCC3. The molecule has 2 nitrogen and oxygen atoms in total. The van der Waals surface area contributed by atoms with E-state index < -0.39 is 0 Å². The zero-order valence-electron chi connectivity index (χ0n) is 11.1. The fourth-order valence-electron chi connectivity index (χ4n) is 3.08. The average molecular weight is 266 g/mol. The Bertz CT molecular complexity index is 789. The minimum Gasteiger partial charge on any atom is -0.357 e. The van der Waals surface area contributed by atoms with Crippen LogP contribution in [-0.4, -0.2) is 9.97 Å². The molecule has 1 aliphatic carbocycles. The number of aromatic amines is 1. The summed E-state index contributed by atoms with van der Waals surface area (Å²) in [5.41, 5.74) is 5.99. The molecule has 0 amide bonds. The number of pyridine rings is 1. The van der Waals surface area contributed by atoms with Crippen LogP contribution in [0.1, 0.15) is 24.1 Å². The fourth-order valence-corrected chi connectivity index (χ4v) is 3.08. The van der Waals surface area contributed by atoms with E-state index >= 15 is 0 Å². The molecule has 0 unspecified atom stereocenters. The van der Waals surface area contributed by atoms with Crippen LogP contribution in [-0.2, 0) is 12.8 Å². The first-order chi connectivity index (χ1) is 9.83. The van der Waals surface area contributed by atoms with Gasteiger partial charge in [-0.3, -0.25) is 0 Å². The van der Waals surface area contributed by atoms with Gasteiger partial charge in [0.25, 0.3) is 0 Å². The van der Waals surface area contributed by atoms with E-state index in [1.807, 2.05) is 18.2 Å². The van der Waals surface area contributed by atoms with Crippen LogP contribution in [0.25, 0.3) is 22.3 Å². The van der Waals surface area contributed by atoms with E-state index in [9.17, 15) is 4.39 Å². The summed E-state index contributed by atoms with van der Waals surface area (Å²) >= 11 is 0. The highest BCUT2D eigenvalue weighted by atomic mass is 19.1. The van der Waals surface area contributed by atoms with Gasteiger partial charge in [0.05, 0.1) is 16.7 Å². The molecule has 100 valence electrons. The number of rotatable bonds is 1. The van der Waals surface area contributed by atoms with Gasteiger partial charge in [-0.25, -0.2) is 9.37 Å². The van der Waals surface area contributed by atoms with Crippen molar-refractivity contribution in [2.45, 2.75) is 25.7 Å². The Morgan fingerprint density at radius 3 is 2.75 bits per heavy atom. The number of fused-ring (bicyclic) bond motifs is 3. The van der Waals surface area contributed by atoms with Crippen molar-refractivity contribution in [2.75, 3.05) is 0 Å². The van der Waals surface area contributed by atoms with Gasteiger partial charge in [-0.15, -0.1) is 0 Å². The van der Waals surface area contributed by atoms with Crippen molar-refractivity contribution < 1.29 is 4.39 Å². The second kappa shape index (κ2) is 4.44. The predicted molar refractivity (Wildman–Crippen MR) is 78.1 cm³/mol. The Hall–Kier alpha value is -2.16. The predicted octanol–water partition coefficient (Wildman–Crippen LogP) is 4.25. The normalized spacial score (nSPS) is 14.4. The van der Waals surface area contributed by atoms with Crippen molar-refractivity contribution in [3.8, 4) is 11.3 Å². The first-order valence-electron chi connectivity index (χ1n) is 7.08. The second-order valence-corrected chi connectivity index (χ2v) is 5.36.